The Morgan fingerprint density at radius 1 is 1.25 bits per heavy atom. The molecule has 0 radical (unpaired) electrons. The van der Waals surface area contributed by atoms with E-state index in [0.717, 1.165) is 12.3 Å². The summed E-state index contributed by atoms with van der Waals surface area (Å²) < 4.78 is 0. The largest absolute Gasteiger partial charge is 0.322 e. The Bertz CT molecular complexity index is 377. The minimum atomic E-state index is -0.320. The van der Waals surface area contributed by atoms with E-state index >= 15 is 0 Å². The highest BCUT2D eigenvalue weighted by Crippen LogP contribution is 2.40. The fourth-order valence-corrected chi connectivity index (χ4v) is 4.56. The molecule has 1 aliphatic heterocycles. The van der Waals surface area contributed by atoms with Crippen LogP contribution in [0.3, 0.4) is 0 Å². The van der Waals surface area contributed by atoms with Crippen molar-refractivity contribution < 1.29 is 4.79 Å². The molecule has 3 nitrogen and oxygen atoms in total. The van der Waals surface area contributed by atoms with E-state index in [4.69, 9.17) is 0 Å². The number of amides is 1. The van der Waals surface area contributed by atoms with Crippen LogP contribution in [0.25, 0.3) is 0 Å². The van der Waals surface area contributed by atoms with Crippen LogP contribution < -0.4 is 5.32 Å². The molecule has 1 N–H and O–H groups in total. The van der Waals surface area contributed by atoms with E-state index in [1.807, 2.05) is 0 Å². The predicted molar refractivity (Wildman–Crippen MR) is 81.2 cm³/mol. The summed E-state index contributed by atoms with van der Waals surface area (Å²) in [6.07, 6.45) is 10.2. The molecule has 20 heavy (non-hydrogen) atoms. The van der Waals surface area contributed by atoms with Gasteiger partial charge in [0.15, 0.2) is 0 Å². The molecule has 0 aromatic rings. The predicted octanol–water partition coefficient (Wildman–Crippen LogP) is 3.29. The molecule has 0 bridgehead atoms. The van der Waals surface area contributed by atoms with Crippen LogP contribution in [-0.2, 0) is 4.79 Å². The number of nitrogens with one attached hydrogen (secondary N) is 1. The highest BCUT2D eigenvalue weighted by molar-refractivity contribution is 5.88. The summed E-state index contributed by atoms with van der Waals surface area (Å²) in [6, 6.07) is 0.490. The molecular formula is C17H30N2O. The standard InChI is InChI=1S/C17H30N2O/c1-4-17(3)16(20)19(14-10-9-12(2)11-14)15(18-17)13-7-5-6-8-13/h12-15,18H,4-11H2,1-3H3. The van der Waals surface area contributed by atoms with Crippen LogP contribution in [0, 0.1) is 11.8 Å². The lowest BCUT2D eigenvalue weighted by Crippen LogP contribution is -2.47. The van der Waals surface area contributed by atoms with Gasteiger partial charge in [-0.3, -0.25) is 10.1 Å². The van der Waals surface area contributed by atoms with E-state index in [-0.39, 0.29) is 5.54 Å². The van der Waals surface area contributed by atoms with Crippen molar-refractivity contribution in [1.29, 1.82) is 0 Å². The van der Waals surface area contributed by atoms with Gasteiger partial charge in [-0.1, -0.05) is 26.7 Å². The molecule has 3 aliphatic rings. The number of nitrogens with zero attached hydrogens (tertiary/aromatic N) is 1. The zero-order valence-electron chi connectivity index (χ0n) is 13.3. The Labute approximate surface area is 123 Å². The Morgan fingerprint density at radius 3 is 2.50 bits per heavy atom. The summed E-state index contributed by atoms with van der Waals surface area (Å²) in [4.78, 5) is 15.3. The van der Waals surface area contributed by atoms with Crippen molar-refractivity contribution >= 4 is 5.91 Å². The molecule has 3 rings (SSSR count). The molecule has 4 unspecified atom stereocenters. The Balaban J connectivity index is 1.83. The molecule has 0 aromatic carbocycles. The third-order valence-corrected chi connectivity index (χ3v) is 6.09. The second kappa shape index (κ2) is 5.32. The lowest BCUT2D eigenvalue weighted by Gasteiger charge is -2.34. The third kappa shape index (κ3) is 2.28. The maximum Gasteiger partial charge on any atom is 0.244 e. The van der Waals surface area contributed by atoms with Gasteiger partial charge < -0.3 is 4.90 Å². The van der Waals surface area contributed by atoms with Gasteiger partial charge >= 0.3 is 0 Å². The quantitative estimate of drug-likeness (QED) is 0.859. The summed E-state index contributed by atoms with van der Waals surface area (Å²) in [5.41, 5.74) is -0.320. The third-order valence-electron chi connectivity index (χ3n) is 6.09. The minimum Gasteiger partial charge on any atom is -0.322 e. The Kier molecular flexibility index (Phi) is 3.83. The summed E-state index contributed by atoms with van der Waals surface area (Å²) in [5, 5.41) is 3.73. The first-order valence-electron chi connectivity index (χ1n) is 8.65. The van der Waals surface area contributed by atoms with Crippen LogP contribution in [0.4, 0.5) is 0 Å². The molecule has 0 spiro atoms. The van der Waals surface area contributed by atoms with Gasteiger partial charge in [-0.05, 0) is 57.3 Å². The van der Waals surface area contributed by atoms with E-state index in [2.05, 4.69) is 31.0 Å². The fraction of sp³-hybridized carbons (Fsp3) is 0.941. The van der Waals surface area contributed by atoms with Gasteiger partial charge in [0.1, 0.15) is 0 Å². The molecule has 2 aliphatic carbocycles. The molecule has 2 saturated carbocycles. The monoisotopic (exact) mass is 278 g/mol. The molecule has 114 valence electrons. The van der Waals surface area contributed by atoms with Crippen molar-refractivity contribution in [3.8, 4) is 0 Å². The number of hydrogen-bond acceptors (Lipinski definition) is 2. The van der Waals surface area contributed by atoms with Crippen molar-refractivity contribution in [3.63, 3.8) is 0 Å². The van der Waals surface area contributed by atoms with E-state index < -0.39 is 0 Å². The van der Waals surface area contributed by atoms with Gasteiger partial charge in [-0.25, -0.2) is 0 Å². The van der Waals surface area contributed by atoms with Gasteiger partial charge in [0.2, 0.25) is 5.91 Å². The lowest BCUT2D eigenvalue weighted by molar-refractivity contribution is -0.135. The second-order valence-electron chi connectivity index (χ2n) is 7.60. The summed E-state index contributed by atoms with van der Waals surface area (Å²) >= 11 is 0. The fourth-order valence-electron chi connectivity index (χ4n) is 4.56. The van der Waals surface area contributed by atoms with Gasteiger partial charge in [-0.15, -0.1) is 0 Å². The minimum absolute atomic E-state index is 0.310. The van der Waals surface area contributed by atoms with Gasteiger partial charge in [-0.2, -0.15) is 0 Å². The van der Waals surface area contributed by atoms with Crippen molar-refractivity contribution in [3.05, 3.63) is 0 Å². The maximum absolute atomic E-state index is 13.0. The number of rotatable bonds is 3. The zero-order valence-corrected chi connectivity index (χ0v) is 13.3. The first kappa shape index (κ1) is 14.4. The van der Waals surface area contributed by atoms with Crippen LogP contribution >= 0.6 is 0 Å². The Hall–Kier alpha value is -0.570. The van der Waals surface area contributed by atoms with Crippen LogP contribution in [0.15, 0.2) is 0 Å². The summed E-state index contributed by atoms with van der Waals surface area (Å²) in [5.74, 6) is 1.84. The Morgan fingerprint density at radius 2 is 1.95 bits per heavy atom. The number of hydrogen-bond donors (Lipinski definition) is 1. The molecule has 1 amide bonds. The van der Waals surface area contributed by atoms with Crippen LogP contribution in [-0.4, -0.2) is 28.6 Å². The van der Waals surface area contributed by atoms with E-state index in [0.29, 0.717) is 24.0 Å². The molecule has 4 atom stereocenters. The number of carbonyl (C=O) groups excluding carboxylic acids is 1. The molecule has 1 saturated heterocycles. The van der Waals surface area contributed by atoms with Crippen molar-refractivity contribution in [2.24, 2.45) is 11.8 Å². The van der Waals surface area contributed by atoms with E-state index in [1.54, 1.807) is 0 Å². The smallest absolute Gasteiger partial charge is 0.244 e. The second-order valence-corrected chi connectivity index (χ2v) is 7.60. The lowest BCUT2D eigenvalue weighted by atomic mass is 9.98. The normalized spacial score (nSPS) is 42.9. The molecule has 3 heteroatoms. The molecular weight excluding hydrogens is 248 g/mol. The van der Waals surface area contributed by atoms with E-state index in [9.17, 15) is 4.79 Å². The average molecular weight is 278 g/mol. The van der Waals surface area contributed by atoms with Crippen molar-refractivity contribution in [2.45, 2.75) is 89.9 Å². The molecule has 3 fully saturated rings. The molecule has 0 aromatic heterocycles. The van der Waals surface area contributed by atoms with Crippen molar-refractivity contribution in [1.82, 2.24) is 10.2 Å². The average Bonchev–Trinajstić information content (AvgIpc) is 3.12. The van der Waals surface area contributed by atoms with Gasteiger partial charge in [0.25, 0.3) is 0 Å². The zero-order chi connectivity index (χ0) is 14.3. The summed E-state index contributed by atoms with van der Waals surface area (Å²) in [7, 11) is 0. The first-order valence-corrected chi connectivity index (χ1v) is 8.65. The van der Waals surface area contributed by atoms with Gasteiger partial charge in [0, 0.05) is 6.04 Å². The van der Waals surface area contributed by atoms with Crippen LogP contribution in [0.2, 0.25) is 0 Å². The summed E-state index contributed by atoms with van der Waals surface area (Å²) in [6.45, 7) is 6.57. The van der Waals surface area contributed by atoms with Gasteiger partial charge in [0.05, 0.1) is 11.7 Å². The highest BCUT2D eigenvalue weighted by Gasteiger charge is 2.52. The topological polar surface area (TPSA) is 32.3 Å². The van der Waals surface area contributed by atoms with E-state index in [1.165, 1.54) is 44.9 Å². The highest BCUT2D eigenvalue weighted by atomic mass is 16.2. The first-order chi connectivity index (χ1) is 9.55. The van der Waals surface area contributed by atoms with Crippen molar-refractivity contribution in [2.75, 3.05) is 0 Å². The molecule has 1 heterocycles. The van der Waals surface area contributed by atoms with Crippen LogP contribution in [0.1, 0.15) is 72.1 Å². The number of carbonyl (C=O) groups is 1. The van der Waals surface area contributed by atoms with Crippen LogP contribution in [0.5, 0.6) is 0 Å². The SMILES string of the molecule is CCC1(C)NC(C2CCCC2)N(C2CCC(C)C2)C1=O. The maximum atomic E-state index is 13.0.